The molecule has 2 atom stereocenters. The third-order valence-corrected chi connectivity index (χ3v) is 3.87. The molecule has 1 aliphatic rings. The molecule has 5 nitrogen and oxygen atoms in total. The lowest BCUT2D eigenvalue weighted by Crippen LogP contribution is -2.40. The molecule has 96 valence electrons. The normalized spacial score (nSPS) is 23.1. The molecule has 0 aliphatic carbocycles. The van der Waals surface area contributed by atoms with Gasteiger partial charge in [0.2, 0.25) is 0 Å². The zero-order valence-corrected chi connectivity index (χ0v) is 11.6. The number of aliphatic hydroxyl groups excluding tert-OH is 1. The molecule has 1 amide bonds. The fourth-order valence-corrected chi connectivity index (χ4v) is 2.68. The second kappa shape index (κ2) is 5.23. The summed E-state index contributed by atoms with van der Waals surface area (Å²) in [5.74, 6) is -1.42. The molecule has 2 rings (SSSR count). The molecule has 1 fully saturated rings. The fourth-order valence-electron chi connectivity index (χ4n) is 2.06. The maximum Gasteiger partial charge on any atom is 0.326 e. The van der Waals surface area contributed by atoms with Crippen LogP contribution in [0, 0.1) is 3.57 Å². The SMILES string of the molecule is O=C(O)C1CC(O)CN1C(=O)c1ccccc1I. The van der Waals surface area contributed by atoms with Crippen molar-refractivity contribution < 1.29 is 19.8 Å². The summed E-state index contributed by atoms with van der Waals surface area (Å²) in [7, 11) is 0. The Morgan fingerprint density at radius 1 is 1.33 bits per heavy atom. The summed E-state index contributed by atoms with van der Waals surface area (Å²) in [6.07, 6.45) is -0.679. The van der Waals surface area contributed by atoms with E-state index in [-0.39, 0.29) is 18.9 Å². The van der Waals surface area contributed by atoms with Crippen molar-refractivity contribution >= 4 is 34.5 Å². The summed E-state index contributed by atoms with van der Waals surface area (Å²) in [4.78, 5) is 24.6. The standard InChI is InChI=1S/C12H12INO4/c13-9-4-2-1-3-8(9)11(16)14-6-7(15)5-10(14)12(17)18/h1-4,7,10,15H,5-6H2,(H,17,18). The molecule has 1 heterocycles. The highest BCUT2D eigenvalue weighted by Gasteiger charge is 2.39. The first kappa shape index (κ1) is 13.3. The van der Waals surface area contributed by atoms with Crippen LogP contribution >= 0.6 is 22.6 Å². The molecule has 0 bridgehead atoms. The second-order valence-electron chi connectivity index (χ2n) is 4.18. The monoisotopic (exact) mass is 361 g/mol. The van der Waals surface area contributed by atoms with Crippen LogP contribution in [0.3, 0.4) is 0 Å². The lowest BCUT2D eigenvalue weighted by Gasteiger charge is -2.21. The number of likely N-dealkylation sites (tertiary alicyclic amines) is 1. The molecule has 0 radical (unpaired) electrons. The van der Waals surface area contributed by atoms with Crippen LogP contribution < -0.4 is 0 Å². The average Bonchev–Trinajstić information content (AvgIpc) is 2.71. The molecule has 1 aromatic rings. The van der Waals surface area contributed by atoms with Gasteiger partial charge in [-0.15, -0.1) is 0 Å². The second-order valence-corrected chi connectivity index (χ2v) is 5.34. The highest BCUT2D eigenvalue weighted by atomic mass is 127. The van der Waals surface area contributed by atoms with E-state index >= 15 is 0 Å². The summed E-state index contributed by atoms with van der Waals surface area (Å²) in [6.45, 7) is 0.0702. The van der Waals surface area contributed by atoms with Gasteiger partial charge < -0.3 is 15.1 Å². The Balaban J connectivity index is 2.28. The molecule has 1 saturated heterocycles. The molecule has 0 spiro atoms. The third-order valence-electron chi connectivity index (χ3n) is 2.93. The van der Waals surface area contributed by atoms with Crippen molar-refractivity contribution in [1.82, 2.24) is 4.90 Å². The van der Waals surface area contributed by atoms with E-state index in [2.05, 4.69) is 0 Å². The summed E-state index contributed by atoms with van der Waals surface area (Å²) >= 11 is 2.03. The lowest BCUT2D eigenvalue weighted by atomic mass is 10.1. The molecule has 2 N–H and O–H groups in total. The molecular formula is C12H12INO4. The van der Waals surface area contributed by atoms with Crippen molar-refractivity contribution in [1.29, 1.82) is 0 Å². The van der Waals surface area contributed by atoms with Crippen LogP contribution in [0.1, 0.15) is 16.8 Å². The Kier molecular flexibility index (Phi) is 3.86. The molecule has 0 saturated carbocycles. The first-order valence-corrected chi connectivity index (χ1v) is 6.55. The number of carbonyl (C=O) groups excluding carboxylic acids is 1. The maximum absolute atomic E-state index is 12.3. The van der Waals surface area contributed by atoms with Crippen molar-refractivity contribution in [3.63, 3.8) is 0 Å². The number of amides is 1. The van der Waals surface area contributed by atoms with Gasteiger partial charge in [0.15, 0.2) is 0 Å². The minimum atomic E-state index is -1.08. The van der Waals surface area contributed by atoms with Crippen molar-refractivity contribution in [3.05, 3.63) is 33.4 Å². The Bertz CT molecular complexity index is 491. The van der Waals surface area contributed by atoms with Gasteiger partial charge in [-0.1, -0.05) is 12.1 Å². The van der Waals surface area contributed by atoms with E-state index in [9.17, 15) is 14.7 Å². The van der Waals surface area contributed by atoms with Crippen molar-refractivity contribution in [2.24, 2.45) is 0 Å². The molecule has 0 aromatic heterocycles. The number of aliphatic carboxylic acids is 1. The quantitative estimate of drug-likeness (QED) is 0.769. The number of aliphatic hydroxyl groups is 1. The minimum Gasteiger partial charge on any atom is -0.480 e. The van der Waals surface area contributed by atoms with E-state index < -0.39 is 18.1 Å². The van der Waals surface area contributed by atoms with Crippen LogP contribution in [0.25, 0.3) is 0 Å². The first-order valence-electron chi connectivity index (χ1n) is 5.47. The summed E-state index contributed by atoms with van der Waals surface area (Å²) in [5.41, 5.74) is 0.471. The van der Waals surface area contributed by atoms with Gasteiger partial charge in [0.25, 0.3) is 5.91 Å². The average molecular weight is 361 g/mol. The van der Waals surface area contributed by atoms with Gasteiger partial charge in [0.1, 0.15) is 6.04 Å². The largest absolute Gasteiger partial charge is 0.480 e. The number of carbonyl (C=O) groups is 2. The Morgan fingerprint density at radius 3 is 2.61 bits per heavy atom. The Morgan fingerprint density at radius 2 is 2.00 bits per heavy atom. The van der Waals surface area contributed by atoms with Gasteiger partial charge in [0, 0.05) is 16.5 Å². The van der Waals surface area contributed by atoms with Crippen LogP contribution in [0.2, 0.25) is 0 Å². The van der Waals surface area contributed by atoms with Gasteiger partial charge in [-0.2, -0.15) is 0 Å². The number of hydrogen-bond acceptors (Lipinski definition) is 3. The van der Waals surface area contributed by atoms with Crippen LogP contribution in [0.15, 0.2) is 24.3 Å². The minimum absolute atomic E-state index is 0.0702. The number of β-amino-alcohol motifs (C(OH)–C–C–N with tert-alkyl or cyclic N) is 1. The summed E-state index contributed by atoms with van der Waals surface area (Å²) in [6, 6.07) is 6.05. The molecule has 2 unspecified atom stereocenters. The van der Waals surface area contributed by atoms with E-state index in [1.807, 2.05) is 28.7 Å². The van der Waals surface area contributed by atoms with E-state index in [1.54, 1.807) is 18.2 Å². The molecule has 1 aliphatic heterocycles. The third kappa shape index (κ3) is 2.49. The van der Waals surface area contributed by atoms with Crippen LogP contribution in [0.4, 0.5) is 0 Å². The zero-order chi connectivity index (χ0) is 13.3. The van der Waals surface area contributed by atoms with Crippen LogP contribution in [0.5, 0.6) is 0 Å². The van der Waals surface area contributed by atoms with E-state index in [1.165, 1.54) is 4.90 Å². The number of benzene rings is 1. The smallest absolute Gasteiger partial charge is 0.326 e. The van der Waals surface area contributed by atoms with Crippen LogP contribution in [-0.4, -0.2) is 45.7 Å². The number of rotatable bonds is 2. The summed E-state index contributed by atoms with van der Waals surface area (Å²) in [5, 5.41) is 18.6. The highest BCUT2D eigenvalue weighted by Crippen LogP contribution is 2.22. The van der Waals surface area contributed by atoms with Gasteiger partial charge in [0.05, 0.1) is 11.7 Å². The van der Waals surface area contributed by atoms with Gasteiger partial charge >= 0.3 is 5.97 Å². The number of carboxylic acid groups (broad SMARTS) is 1. The molecule has 6 heteroatoms. The molecule has 18 heavy (non-hydrogen) atoms. The Labute approximate surface area is 118 Å². The van der Waals surface area contributed by atoms with Crippen molar-refractivity contribution in [3.8, 4) is 0 Å². The van der Waals surface area contributed by atoms with Crippen LogP contribution in [-0.2, 0) is 4.79 Å². The van der Waals surface area contributed by atoms with Gasteiger partial charge in [-0.05, 0) is 34.7 Å². The fraction of sp³-hybridized carbons (Fsp3) is 0.333. The number of hydrogen-bond donors (Lipinski definition) is 2. The topological polar surface area (TPSA) is 77.8 Å². The van der Waals surface area contributed by atoms with E-state index in [4.69, 9.17) is 5.11 Å². The summed E-state index contributed by atoms with van der Waals surface area (Å²) < 4.78 is 0.769. The zero-order valence-electron chi connectivity index (χ0n) is 9.41. The Hall–Kier alpha value is -1.15. The van der Waals surface area contributed by atoms with Gasteiger partial charge in [-0.25, -0.2) is 4.79 Å². The predicted octanol–water partition coefficient (Wildman–Crippen LogP) is 0.951. The predicted molar refractivity (Wildman–Crippen MR) is 72.2 cm³/mol. The number of halogens is 1. The maximum atomic E-state index is 12.3. The first-order chi connectivity index (χ1) is 8.50. The number of carboxylic acids is 1. The van der Waals surface area contributed by atoms with E-state index in [0.717, 1.165) is 3.57 Å². The van der Waals surface area contributed by atoms with E-state index in [0.29, 0.717) is 5.56 Å². The molecular weight excluding hydrogens is 349 g/mol. The lowest BCUT2D eigenvalue weighted by molar-refractivity contribution is -0.141. The van der Waals surface area contributed by atoms with Crippen molar-refractivity contribution in [2.45, 2.75) is 18.6 Å². The van der Waals surface area contributed by atoms with Crippen molar-refractivity contribution in [2.75, 3.05) is 6.54 Å². The highest BCUT2D eigenvalue weighted by molar-refractivity contribution is 14.1. The van der Waals surface area contributed by atoms with Gasteiger partial charge in [-0.3, -0.25) is 4.79 Å². The number of nitrogens with zero attached hydrogens (tertiary/aromatic N) is 1. The molecule has 1 aromatic carbocycles.